The van der Waals surface area contributed by atoms with Crippen LogP contribution in [0.5, 0.6) is 0 Å². The zero-order valence-corrected chi connectivity index (χ0v) is 6.19. The molecule has 0 fully saturated rings. The van der Waals surface area contributed by atoms with Gasteiger partial charge in [0.05, 0.1) is 0 Å². The van der Waals surface area contributed by atoms with Crippen LogP contribution in [0.1, 0.15) is 19.8 Å². The van der Waals surface area contributed by atoms with E-state index in [-0.39, 0.29) is 0 Å². The Morgan fingerprint density at radius 2 is 2.09 bits per heavy atom. The molecule has 0 N–H and O–H groups in total. The molecular formula is C6H10F3NO. The number of halogens is 3. The molecule has 0 bridgehead atoms. The van der Waals surface area contributed by atoms with Crippen LogP contribution in [0.2, 0.25) is 0 Å². The molecule has 0 aliphatic heterocycles. The van der Waals surface area contributed by atoms with Gasteiger partial charge in [0.2, 0.25) is 6.61 Å². The lowest BCUT2D eigenvalue weighted by Gasteiger charge is -2.02. The molecule has 0 saturated carbocycles. The minimum atomic E-state index is -4.29. The minimum absolute atomic E-state index is 0.637. The average Bonchev–Trinajstić information content (AvgIpc) is 1.85. The van der Waals surface area contributed by atoms with Crippen LogP contribution in [0.3, 0.4) is 0 Å². The lowest BCUT2D eigenvalue weighted by atomic mass is 10.4. The lowest BCUT2D eigenvalue weighted by Crippen LogP contribution is -2.14. The number of nitrogens with zero attached hydrogens (tertiary/aromatic N) is 1. The van der Waals surface area contributed by atoms with Crippen molar-refractivity contribution in [2.75, 3.05) is 6.61 Å². The van der Waals surface area contributed by atoms with E-state index < -0.39 is 12.8 Å². The Bertz CT molecular complexity index is 121. The van der Waals surface area contributed by atoms with Gasteiger partial charge >= 0.3 is 6.18 Å². The van der Waals surface area contributed by atoms with Crippen molar-refractivity contribution in [1.82, 2.24) is 0 Å². The number of alkyl halides is 3. The zero-order chi connectivity index (χ0) is 8.74. The van der Waals surface area contributed by atoms with E-state index in [1.165, 1.54) is 6.21 Å². The van der Waals surface area contributed by atoms with E-state index in [1.807, 2.05) is 6.92 Å². The van der Waals surface area contributed by atoms with Crippen molar-refractivity contribution in [2.24, 2.45) is 5.16 Å². The molecule has 2 nitrogen and oxygen atoms in total. The summed E-state index contributed by atoms with van der Waals surface area (Å²) < 4.78 is 34.1. The van der Waals surface area contributed by atoms with Gasteiger partial charge in [-0.15, -0.1) is 0 Å². The first-order chi connectivity index (χ1) is 5.06. The third-order valence-corrected chi connectivity index (χ3v) is 0.795. The smallest absolute Gasteiger partial charge is 0.386 e. The van der Waals surface area contributed by atoms with Crippen LogP contribution < -0.4 is 0 Å². The van der Waals surface area contributed by atoms with Crippen LogP contribution in [0.15, 0.2) is 5.16 Å². The van der Waals surface area contributed by atoms with Gasteiger partial charge < -0.3 is 4.84 Å². The van der Waals surface area contributed by atoms with Crippen molar-refractivity contribution in [3.63, 3.8) is 0 Å². The molecular weight excluding hydrogens is 159 g/mol. The topological polar surface area (TPSA) is 21.6 Å². The Morgan fingerprint density at radius 3 is 2.55 bits per heavy atom. The number of hydrogen-bond acceptors (Lipinski definition) is 2. The summed E-state index contributed by atoms with van der Waals surface area (Å²) in [6, 6.07) is 0. The molecule has 0 radical (unpaired) electrons. The Morgan fingerprint density at radius 1 is 1.45 bits per heavy atom. The first-order valence-corrected chi connectivity index (χ1v) is 3.27. The molecule has 0 rings (SSSR count). The molecule has 0 heterocycles. The van der Waals surface area contributed by atoms with Gasteiger partial charge in [0.25, 0.3) is 0 Å². The first-order valence-electron chi connectivity index (χ1n) is 3.27. The molecule has 0 aliphatic carbocycles. The summed E-state index contributed by atoms with van der Waals surface area (Å²) in [4.78, 5) is 3.94. The standard InChI is InChI=1S/C6H10F3NO/c1-2-3-4-10-11-5-6(7,8)9/h4H,2-3,5H2,1H3. The second-order valence-electron chi connectivity index (χ2n) is 1.97. The fraction of sp³-hybridized carbons (Fsp3) is 0.833. The van der Waals surface area contributed by atoms with Crippen molar-refractivity contribution < 1.29 is 18.0 Å². The summed E-state index contributed by atoms with van der Waals surface area (Å²) in [5.41, 5.74) is 0. The first kappa shape index (κ1) is 10.3. The molecule has 0 atom stereocenters. The normalized spacial score (nSPS) is 12.4. The van der Waals surface area contributed by atoms with Gasteiger partial charge in [-0.2, -0.15) is 13.2 Å². The summed E-state index contributed by atoms with van der Waals surface area (Å²) in [5.74, 6) is 0. The van der Waals surface area contributed by atoms with Gasteiger partial charge in [0.1, 0.15) is 0 Å². The van der Waals surface area contributed by atoms with E-state index in [2.05, 4.69) is 9.99 Å². The number of unbranched alkanes of at least 4 members (excludes halogenated alkanes) is 1. The average molecular weight is 169 g/mol. The van der Waals surface area contributed by atoms with E-state index in [1.54, 1.807) is 0 Å². The number of hydrogen-bond donors (Lipinski definition) is 0. The highest BCUT2D eigenvalue weighted by Crippen LogP contribution is 2.14. The quantitative estimate of drug-likeness (QED) is 0.467. The molecule has 0 spiro atoms. The summed E-state index contributed by atoms with van der Waals surface area (Å²) >= 11 is 0. The summed E-state index contributed by atoms with van der Waals surface area (Å²) in [7, 11) is 0. The highest BCUT2D eigenvalue weighted by molar-refractivity contribution is 5.55. The van der Waals surface area contributed by atoms with E-state index in [0.29, 0.717) is 6.42 Å². The molecule has 0 aromatic carbocycles. The maximum absolute atomic E-state index is 11.4. The van der Waals surface area contributed by atoms with Crippen LogP contribution in [0, 0.1) is 0 Å². The van der Waals surface area contributed by atoms with E-state index >= 15 is 0 Å². The number of oxime groups is 1. The molecule has 0 aromatic rings. The van der Waals surface area contributed by atoms with Crippen LogP contribution in [0.4, 0.5) is 13.2 Å². The van der Waals surface area contributed by atoms with E-state index in [9.17, 15) is 13.2 Å². The van der Waals surface area contributed by atoms with Gasteiger partial charge in [-0.05, 0) is 6.42 Å². The second-order valence-corrected chi connectivity index (χ2v) is 1.97. The van der Waals surface area contributed by atoms with Crippen molar-refractivity contribution in [3.05, 3.63) is 0 Å². The highest BCUT2D eigenvalue weighted by atomic mass is 19.4. The second kappa shape index (κ2) is 4.98. The molecule has 0 aromatic heterocycles. The van der Waals surface area contributed by atoms with Gasteiger partial charge in [0, 0.05) is 6.21 Å². The summed E-state index contributed by atoms with van der Waals surface area (Å²) in [5, 5.41) is 3.10. The molecule has 11 heavy (non-hydrogen) atoms. The Kier molecular flexibility index (Phi) is 4.65. The van der Waals surface area contributed by atoms with Crippen molar-refractivity contribution in [1.29, 1.82) is 0 Å². The van der Waals surface area contributed by atoms with Crippen molar-refractivity contribution in [3.8, 4) is 0 Å². The zero-order valence-electron chi connectivity index (χ0n) is 6.19. The van der Waals surface area contributed by atoms with Gasteiger partial charge in [-0.3, -0.25) is 0 Å². The SMILES string of the molecule is CCCC=NOCC(F)(F)F. The van der Waals surface area contributed by atoms with Crippen molar-refractivity contribution >= 4 is 6.21 Å². The molecule has 0 aliphatic rings. The van der Waals surface area contributed by atoms with Crippen LogP contribution in [-0.2, 0) is 4.84 Å². The van der Waals surface area contributed by atoms with Crippen molar-refractivity contribution in [2.45, 2.75) is 25.9 Å². The minimum Gasteiger partial charge on any atom is -0.386 e. The van der Waals surface area contributed by atoms with Crippen LogP contribution in [0.25, 0.3) is 0 Å². The highest BCUT2D eigenvalue weighted by Gasteiger charge is 2.28. The fourth-order valence-corrected chi connectivity index (χ4v) is 0.345. The Hall–Kier alpha value is -0.740. The van der Waals surface area contributed by atoms with Crippen LogP contribution >= 0.6 is 0 Å². The van der Waals surface area contributed by atoms with E-state index in [4.69, 9.17) is 0 Å². The maximum atomic E-state index is 11.4. The molecule has 0 saturated heterocycles. The third kappa shape index (κ3) is 9.26. The van der Waals surface area contributed by atoms with Gasteiger partial charge in [-0.1, -0.05) is 18.5 Å². The largest absolute Gasteiger partial charge is 0.425 e. The lowest BCUT2D eigenvalue weighted by molar-refractivity contribution is -0.173. The fourth-order valence-electron chi connectivity index (χ4n) is 0.345. The monoisotopic (exact) mass is 169 g/mol. The molecule has 66 valence electrons. The van der Waals surface area contributed by atoms with E-state index in [0.717, 1.165) is 6.42 Å². The molecule has 5 heteroatoms. The van der Waals surface area contributed by atoms with Gasteiger partial charge in [0.15, 0.2) is 0 Å². The number of rotatable bonds is 4. The summed E-state index contributed by atoms with van der Waals surface area (Å²) in [6.07, 6.45) is -1.48. The van der Waals surface area contributed by atoms with Gasteiger partial charge in [-0.25, -0.2) is 0 Å². The third-order valence-electron chi connectivity index (χ3n) is 0.795. The maximum Gasteiger partial charge on any atom is 0.425 e. The van der Waals surface area contributed by atoms with Crippen LogP contribution in [-0.4, -0.2) is 19.0 Å². The molecule has 0 unspecified atom stereocenters. The predicted octanol–water partition coefficient (Wildman–Crippen LogP) is 2.35. The Labute approximate surface area is 63.0 Å². The summed E-state index contributed by atoms with van der Waals surface area (Å²) in [6.45, 7) is 0.586. The Balaban J connectivity index is 3.27. The predicted molar refractivity (Wildman–Crippen MR) is 35.4 cm³/mol. The molecule has 0 amide bonds.